The Labute approximate surface area is 118 Å². The average Bonchev–Trinajstić information content (AvgIpc) is 2.82. The lowest BCUT2D eigenvalue weighted by molar-refractivity contribution is -0.385. The highest BCUT2D eigenvalue weighted by molar-refractivity contribution is 6.32. The molecule has 1 aromatic rings. The molecule has 1 unspecified atom stereocenters. The largest absolute Gasteiger partial charge is 0.352 e. The van der Waals surface area contributed by atoms with Crippen molar-refractivity contribution in [3.05, 3.63) is 33.1 Å². The van der Waals surface area contributed by atoms with Gasteiger partial charge in [-0.25, -0.2) is 4.98 Å². The Kier molecular flexibility index (Phi) is 4.14. The van der Waals surface area contributed by atoms with Crippen LogP contribution in [0.25, 0.3) is 0 Å². The van der Waals surface area contributed by atoms with Crippen LogP contribution in [0.15, 0.2) is 12.3 Å². The standard InChI is InChI=1S/C11H11ClN4O4/c12-10-8(3-7(5-13-10)16(19)20)11(18)14-4-6-1-2-9(17)15-6/h3,5-6H,1-2,4H2,(H,14,18)(H,15,17). The maximum absolute atomic E-state index is 11.9. The number of carbonyl (C=O) groups is 2. The first-order chi connectivity index (χ1) is 9.47. The third-order valence-electron chi connectivity index (χ3n) is 2.87. The van der Waals surface area contributed by atoms with Crippen molar-refractivity contribution >= 4 is 29.1 Å². The number of nitro groups is 1. The first kappa shape index (κ1) is 14.2. The minimum atomic E-state index is -0.655. The van der Waals surface area contributed by atoms with Crippen LogP contribution in [-0.4, -0.2) is 34.3 Å². The van der Waals surface area contributed by atoms with Gasteiger partial charge in [0.15, 0.2) is 0 Å². The van der Waals surface area contributed by atoms with E-state index >= 15 is 0 Å². The quantitative estimate of drug-likeness (QED) is 0.481. The SMILES string of the molecule is O=C1CCC(CNC(=O)c2cc([N+](=O)[O-])cnc2Cl)N1. The van der Waals surface area contributed by atoms with Crippen LogP contribution in [0.4, 0.5) is 5.69 Å². The van der Waals surface area contributed by atoms with E-state index in [0.717, 1.165) is 12.3 Å². The summed E-state index contributed by atoms with van der Waals surface area (Å²) in [6.07, 6.45) is 2.05. The Morgan fingerprint density at radius 3 is 3.00 bits per heavy atom. The number of aromatic nitrogens is 1. The van der Waals surface area contributed by atoms with E-state index in [1.54, 1.807) is 0 Å². The zero-order valence-electron chi connectivity index (χ0n) is 10.3. The molecular formula is C11H11ClN4O4. The highest BCUT2D eigenvalue weighted by Gasteiger charge is 2.22. The van der Waals surface area contributed by atoms with E-state index < -0.39 is 10.8 Å². The molecule has 2 amide bonds. The summed E-state index contributed by atoms with van der Waals surface area (Å²) in [6, 6.07) is 0.939. The fraction of sp³-hybridized carbons (Fsp3) is 0.364. The zero-order chi connectivity index (χ0) is 14.7. The van der Waals surface area contributed by atoms with Crippen molar-refractivity contribution in [2.24, 2.45) is 0 Å². The summed E-state index contributed by atoms with van der Waals surface area (Å²) in [4.78, 5) is 36.5. The number of rotatable bonds is 4. The van der Waals surface area contributed by atoms with Gasteiger partial charge >= 0.3 is 0 Å². The Morgan fingerprint density at radius 2 is 2.40 bits per heavy atom. The maximum atomic E-state index is 11.9. The second-order valence-electron chi connectivity index (χ2n) is 4.30. The fourth-order valence-electron chi connectivity index (χ4n) is 1.84. The minimum absolute atomic E-state index is 0.0562. The zero-order valence-corrected chi connectivity index (χ0v) is 11.0. The van der Waals surface area contributed by atoms with Crippen molar-refractivity contribution < 1.29 is 14.5 Å². The molecule has 20 heavy (non-hydrogen) atoms. The van der Waals surface area contributed by atoms with Crippen molar-refractivity contribution in [2.45, 2.75) is 18.9 Å². The Bertz CT molecular complexity index is 578. The highest BCUT2D eigenvalue weighted by atomic mass is 35.5. The number of halogens is 1. The van der Waals surface area contributed by atoms with Crippen LogP contribution in [0.1, 0.15) is 23.2 Å². The third-order valence-corrected chi connectivity index (χ3v) is 3.18. The molecule has 2 heterocycles. The van der Waals surface area contributed by atoms with Crippen molar-refractivity contribution in [2.75, 3.05) is 6.54 Å². The first-order valence-electron chi connectivity index (χ1n) is 5.85. The van der Waals surface area contributed by atoms with Gasteiger partial charge in [0.05, 0.1) is 10.5 Å². The predicted octanol–water partition coefficient (Wildman–Crippen LogP) is 0.652. The minimum Gasteiger partial charge on any atom is -0.352 e. The molecule has 2 rings (SSSR count). The van der Waals surface area contributed by atoms with Crippen LogP contribution in [0.5, 0.6) is 0 Å². The molecular weight excluding hydrogens is 288 g/mol. The van der Waals surface area contributed by atoms with Crippen molar-refractivity contribution in [3.63, 3.8) is 0 Å². The van der Waals surface area contributed by atoms with E-state index in [1.165, 1.54) is 0 Å². The van der Waals surface area contributed by atoms with E-state index in [1.807, 2.05) is 0 Å². The molecule has 1 aliphatic rings. The summed E-state index contributed by atoms with van der Waals surface area (Å²) >= 11 is 5.75. The number of nitrogens with zero attached hydrogens (tertiary/aromatic N) is 2. The van der Waals surface area contributed by atoms with Gasteiger partial charge in [0.2, 0.25) is 5.91 Å². The van der Waals surface area contributed by atoms with Gasteiger partial charge in [0.1, 0.15) is 11.3 Å². The van der Waals surface area contributed by atoms with Gasteiger partial charge in [0, 0.05) is 25.1 Å². The summed E-state index contributed by atoms with van der Waals surface area (Å²) in [5.41, 5.74) is -0.376. The lowest BCUT2D eigenvalue weighted by Gasteiger charge is -2.11. The smallest absolute Gasteiger partial charge is 0.288 e. The fourth-order valence-corrected chi connectivity index (χ4v) is 2.03. The van der Waals surface area contributed by atoms with E-state index in [9.17, 15) is 19.7 Å². The summed E-state index contributed by atoms with van der Waals surface area (Å²) in [6.45, 7) is 0.240. The predicted molar refractivity (Wildman–Crippen MR) is 69.4 cm³/mol. The molecule has 2 N–H and O–H groups in total. The molecule has 1 fully saturated rings. The van der Waals surface area contributed by atoms with Crippen LogP contribution < -0.4 is 10.6 Å². The number of pyridine rings is 1. The molecule has 0 aliphatic carbocycles. The Morgan fingerprint density at radius 1 is 1.65 bits per heavy atom. The van der Waals surface area contributed by atoms with Crippen LogP contribution in [0.3, 0.4) is 0 Å². The van der Waals surface area contributed by atoms with Crippen LogP contribution in [0.2, 0.25) is 5.15 Å². The molecule has 0 aromatic carbocycles. The van der Waals surface area contributed by atoms with E-state index in [2.05, 4.69) is 15.6 Å². The Hall–Kier alpha value is -2.22. The average molecular weight is 299 g/mol. The summed E-state index contributed by atoms with van der Waals surface area (Å²) < 4.78 is 0. The summed E-state index contributed by atoms with van der Waals surface area (Å²) in [5.74, 6) is -0.619. The monoisotopic (exact) mass is 298 g/mol. The van der Waals surface area contributed by atoms with Gasteiger partial charge in [-0.15, -0.1) is 0 Å². The van der Waals surface area contributed by atoms with E-state index in [4.69, 9.17) is 11.6 Å². The topological polar surface area (TPSA) is 114 Å². The summed E-state index contributed by atoms with van der Waals surface area (Å²) in [7, 11) is 0. The van der Waals surface area contributed by atoms with Gasteiger partial charge in [-0.1, -0.05) is 11.6 Å². The molecule has 9 heteroatoms. The second kappa shape index (κ2) is 5.83. The van der Waals surface area contributed by atoms with Gasteiger partial charge in [-0.05, 0) is 6.42 Å². The molecule has 1 saturated heterocycles. The van der Waals surface area contributed by atoms with Gasteiger partial charge in [-0.3, -0.25) is 19.7 Å². The molecule has 0 saturated carbocycles. The maximum Gasteiger partial charge on any atom is 0.288 e. The molecule has 0 spiro atoms. The number of amides is 2. The second-order valence-corrected chi connectivity index (χ2v) is 4.66. The lowest BCUT2D eigenvalue weighted by atomic mass is 10.2. The van der Waals surface area contributed by atoms with Crippen LogP contribution in [0, 0.1) is 10.1 Å². The molecule has 106 valence electrons. The van der Waals surface area contributed by atoms with Gasteiger partial charge in [-0.2, -0.15) is 0 Å². The van der Waals surface area contributed by atoms with E-state index in [-0.39, 0.29) is 34.9 Å². The van der Waals surface area contributed by atoms with Crippen LogP contribution in [-0.2, 0) is 4.79 Å². The molecule has 8 nitrogen and oxygen atoms in total. The molecule has 1 aliphatic heterocycles. The number of nitrogens with one attached hydrogen (secondary N) is 2. The number of hydrogen-bond acceptors (Lipinski definition) is 5. The highest BCUT2D eigenvalue weighted by Crippen LogP contribution is 2.19. The molecule has 1 aromatic heterocycles. The first-order valence-corrected chi connectivity index (χ1v) is 6.22. The van der Waals surface area contributed by atoms with Crippen LogP contribution >= 0.6 is 11.6 Å². The lowest BCUT2D eigenvalue weighted by Crippen LogP contribution is -2.38. The number of carbonyl (C=O) groups excluding carboxylic acids is 2. The molecule has 0 radical (unpaired) electrons. The number of hydrogen-bond donors (Lipinski definition) is 2. The third kappa shape index (κ3) is 3.21. The van der Waals surface area contributed by atoms with Gasteiger partial charge in [0.25, 0.3) is 11.6 Å². The summed E-state index contributed by atoms with van der Waals surface area (Å²) in [5, 5.41) is 15.8. The van der Waals surface area contributed by atoms with Crippen molar-refractivity contribution in [1.29, 1.82) is 0 Å². The van der Waals surface area contributed by atoms with E-state index in [0.29, 0.717) is 12.8 Å². The van der Waals surface area contributed by atoms with Crippen molar-refractivity contribution in [1.82, 2.24) is 15.6 Å². The van der Waals surface area contributed by atoms with Gasteiger partial charge < -0.3 is 10.6 Å². The van der Waals surface area contributed by atoms with Crippen molar-refractivity contribution in [3.8, 4) is 0 Å². The molecule has 0 bridgehead atoms. The molecule has 1 atom stereocenters. The normalized spacial score (nSPS) is 17.6. The Balaban J connectivity index is 2.03.